The van der Waals surface area contributed by atoms with E-state index in [2.05, 4.69) is 20.1 Å². The fourth-order valence-corrected chi connectivity index (χ4v) is 4.43. The standard InChI is InChI=1S/C17H17N5O4S2/c1-3-25-21-12-6-8-22(28(2,23)24)17-14(12)20-15(26-17)13-10-19-16(27-13)11-5-4-7-18-9-11/h4-5,7,9-10H,3,6,8H2,1-2H3. The second-order valence-corrected chi connectivity index (χ2v) is 8.92. The molecule has 9 nitrogen and oxygen atoms in total. The summed E-state index contributed by atoms with van der Waals surface area (Å²) in [5.74, 6) is 0.441. The monoisotopic (exact) mass is 419 g/mol. The third-order valence-electron chi connectivity index (χ3n) is 3.99. The van der Waals surface area contributed by atoms with Gasteiger partial charge in [-0.05, 0) is 19.1 Å². The average molecular weight is 419 g/mol. The zero-order valence-corrected chi connectivity index (χ0v) is 16.8. The Bertz CT molecular complexity index is 1120. The molecular weight excluding hydrogens is 402 g/mol. The predicted molar refractivity (Wildman–Crippen MR) is 106 cm³/mol. The molecule has 0 spiro atoms. The molecule has 0 saturated heterocycles. The highest BCUT2D eigenvalue weighted by atomic mass is 32.2. The molecule has 0 bridgehead atoms. The zero-order chi connectivity index (χ0) is 19.7. The van der Waals surface area contributed by atoms with Crippen molar-refractivity contribution in [2.24, 2.45) is 5.16 Å². The molecule has 146 valence electrons. The van der Waals surface area contributed by atoms with Crippen LogP contribution in [-0.4, -0.2) is 48.5 Å². The van der Waals surface area contributed by atoms with Crippen LogP contribution >= 0.6 is 11.3 Å². The predicted octanol–water partition coefficient (Wildman–Crippen LogP) is 2.77. The topological polar surface area (TPSA) is 111 Å². The minimum atomic E-state index is -3.51. The van der Waals surface area contributed by atoms with Crippen molar-refractivity contribution < 1.29 is 17.7 Å². The second-order valence-electron chi connectivity index (χ2n) is 5.99. The van der Waals surface area contributed by atoms with E-state index in [0.717, 1.165) is 16.8 Å². The maximum atomic E-state index is 12.2. The van der Waals surface area contributed by atoms with Gasteiger partial charge in [0, 0.05) is 30.9 Å². The SMILES string of the molecule is CCON=C1CCN(S(C)(=O)=O)c2oc(-c3cnc(-c4cccnc4)s3)nc21. The molecule has 0 fully saturated rings. The quantitative estimate of drug-likeness (QED) is 0.585. The molecule has 0 amide bonds. The van der Waals surface area contributed by atoms with E-state index in [0.29, 0.717) is 29.3 Å². The van der Waals surface area contributed by atoms with Crippen molar-refractivity contribution in [1.29, 1.82) is 0 Å². The molecule has 4 rings (SSSR count). The fraction of sp³-hybridized carbons (Fsp3) is 0.294. The van der Waals surface area contributed by atoms with Gasteiger partial charge in [-0.2, -0.15) is 0 Å². The van der Waals surface area contributed by atoms with Crippen molar-refractivity contribution >= 4 is 33.0 Å². The number of oxime groups is 1. The summed E-state index contributed by atoms with van der Waals surface area (Å²) < 4.78 is 31.4. The highest BCUT2D eigenvalue weighted by molar-refractivity contribution is 7.92. The number of aromatic nitrogens is 3. The van der Waals surface area contributed by atoms with Crippen molar-refractivity contribution in [3.63, 3.8) is 0 Å². The molecule has 0 atom stereocenters. The molecule has 4 heterocycles. The van der Waals surface area contributed by atoms with Gasteiger partial charge in [-0.1, -0.05) is 5.16 Å². The fourth-order valence-electron chi connectivity index (χ4n) is 2.75. The number of pyridine rings is 1. The van der Waals surface area contributed by atoms with Gasteiger partial charge in [0.2, 0.25) is 21.8 Å². The van der Waals surface area contributed by atoms with E-state index in [9.17, 15) is 8.42 Å². The Kier molecular flexibility index (Phi) is 4.85. The largest absolute Gasteiger partial charge is 0.418 e. The molecule has 0 radical (unpaired) electrons. The molecule has 0 unspecified atom stereocenters. The van der Waals surface area contributed by atoms with Gasteiger partial charge in [0.25, 0.3) is 0 Å². The van der Waals surface area contributed by atoms with Gasteiger partial charge in [0.05, 0.1) is 12.5 Å². The number of nitrogens with zero attached hydrogens (tertiary/aromatic N) is 5. The van der Waals surface area contributed by atoms with E-state index in [4.69, 9.17) is 9.25 Å². The van der Waals surface area contributed by atoms with Crippen LogP contribution in [0.5, 0.6) is 0 Å². The zero-order valence-electron chi connectivity index (χ0n) is 15.2. The molecule has 28 heavy (non-hydrogen) atoms. The number of sulfonamides is 1. The molecule has 3 aromatic rings. The number of anilines is 1. The van der Waals surface area contributed by atoms with Gasteiger partial charge >= 0.3 is 0 Å². The lowest BCUT2D eigenvalue weighted by molar-refractivity contribution is 0.158. The summed E-state index contributed by atoms with van der Waals surface area (Å²) >= 11 is 1.38. The lowest BCUT2D eigenvalue weighted by Crippen LogP contribution is -2.36. The number of fused-ring (bicyclic) bond motifs is 1. The Morgan fingerprint density at radius 1 is 1.39 bits per heavy atom. The smallest absolute Gasteiger partial charge is 0.241 e. The van der Waals surface area contributed by atoms with Gasteiger partial charge in [0.1, 0.15) is 22.2 Å². The van der Waals surface area contributed by atoms with E-state index in [-0.39, 0.29) is 18.3 Å². The van der Waals surface area contributed by atoms with Crippen LogP contribution < -0.4 is 4.31 Å². The van der Waals surface area contributed by atoms with Crippen LogP contribution in [0.25, 0.3) is 21.3 Å². The summed E-state index contributed by atoms with van der Waals surface area (Å²) in [5.41, 5.74) is 1.81. The lowest BCUT2D eigenvalue weighted by Gasteiger charge is -2.24. The highest BCUT2D eigenvalue weighted by Gasteiger charge is 2.34. The normalized spacial score (nSPS) is 15.6. The molecule has 0 aromatic carbocycles. The Balaban J connectivity index is 1.76. The van der Waals surface area contributed by atoms with Crippen molar-refractivity contribution in [2.45, 2.75) is 13.3 Å². The van der Waals surface area contributed by atoms with Crippen molar-refractivity contribution in [1.82, 2.24) is 15.0 Å². The molecule has 1 aliphatic heterocycles. The number of oxazole rings is 1. The van der Waals surface area contributed by atoms with Gasteiger partial charge in [-0.3, -0.25) is 4.98 Å². The van der Waals surface area contributed by atoms with Gasteiger partial charge < -0.3 is 9.25 Å². The maximum absolute atomic E-state index is 12.2. The molecule has 11 heteroatoms. The third-order valence-corrected chi connectivity index (χ3v) is 6.17. The lowest BCUT2D eigenvalue weighted by atomic mass is 10.1. The van der Waals surface area contributed by atoms with E-state index < -0.39 is 10.0 Å². The van der Waals surface area contributed by atoms with Crippen molar-refractivity contribution in [3.05, 3.63) is 36.4 Å². The number of hydrogen-bond acceptors (Lipinski definition) is 9. The summed E-state index contributed by atoms with van der Waals surface area (Å²) in [4.78, 5) is 18.8. The van der Waals surface area contributed by atoms with Crippen molar-refractivity contribution in [2.75, 3.05) is 23.7 Å². The summed E-state index contributed by atoms with van der Waals surface area (Å²) in [6.07, 6.45) is 6.58. The Morgan fingerprint density at radius 3 is 2.96 bits per heavy atom. The average Bonchev–Trinajstić information content (AvgIpc) is 3.33. The highest BCUT2D eigenvalue weighted by Crippen LogP contribution is 2.37. The van der Waals surface area contributed by atoms with Crippen LogP contribution in [0.1, 0.15) is 19.0 Å². The van der Waals surface area contributed by atoms with Gasteiger partial charge in [0.15, 0.2) is 5.69 Å². The summed E-state index contributed by atoms with van der Waals surface area (Å²) in [7, 11) is -3.51. The third kappa shape index (κ3) is 3.50. The van der Waals surface area contributed by atoms with E-state index in [1.54, 1.807) is 18.6 Å². The van der Waals surface area contributed by atoms with Crippen LogP contribution in [0, 0.1) is 0 Å². The van der Waals surface area contributed by atoms with Gasteiger partial charge in [-0.15, -0.1) is 11.3 Å². The molecule has 3 aromatic heterocycles. The molecule has 0 saturated carbocycles. The van der Waals surface area contributed by atoms with E-state index >= 15 is 0 Å². The van der Waals surface area contributed by atoms with E-state index in [1.807, 2.05) is 19.1 Å². The molecular formula is C17H17N5O4S2. The van der Waals surface area contributed by atoms with Crippen LogP contribution in [0.15, 0.2) is 40.3 Å². The summed E-state index contributed by atoms with van der Waals surface area (Å²) in [5, 5.41) is 4.84. The van der Waals surface area contributed by atoms with Gasteiger partial charge in [-0.25, -0.2) is 22.7 Å². The summed E-state index contributed by atoms with van der Waals surface area (Å²) in [6, 6.07) is 3.75. The minimum Gasteiger partial charge on any atom is -0.418 e. The second kappa shape index (κ2) is 7.32. The Labute approximate surface area is 165 Å². The van der Waals surface area contributed by atoms with Crippen LogP contribution in [0.3, 0.4) is 0 Å². The molecule has 0 N–H and O–H groups in total. The van der Waals surface area contributed by atoms with Crippen LogP contribution in [-0.2, 0) is 14.9 Å². The first-order chi connectivity index (χ1) is 13.5. The first-order valence-electron chi connectivity index (χ1n) is 8.51. The number of thiazole rings is 1. The first kappa shape index (κ1) is 18.6. The van der Waals surface area contributed by atoms with Crippen LogP contribution in [0.2, 0.25) is 0 Å². The number of hydrogen-bond donors (Lipinski definition) is 0. The molecule has 1 aliphatic rings. The van der Waals surface area contributed by atoms with Crippen molar-refractivity contribution in [3.8, 4) is 21.3 Å². The Morgan fingerprint density at radius 2 is 2.25 bits per heavy atom. The molecule has 0 aliphatic carbocycles. The first-order valence-corrected chi connectivity index (χ1v) is 11.2. The maximum Gasteiger partial charge on any atom is 0.241 e. The van der Waals surface area contributed by atoms with E-state index in [1.165, 1.54) is 15.6 Å². The minimum absolute atomic E-state index is 0.151. The number of rotatable bonds is 5. The summed E-state index contributed by atoms with van der Waals surface area (Å²) in [6.45, 7) is 2.45. The Hall–Kier alpha value is -2.79. The van der Waals surface area contributed by atoms with Crippen LogP contribution in [0.4, 0.5) is 5.88 Å².